The summed E-state index contributed by atoms with van der Waals surface area (Å²) in [6.45, 7) is 0.416. The Labute approximate surface area is 64.3 Å². The largest absolute Gasteiger partial charge is 0.265 e. The van der Waals surface area contributed by atoms with Crippen molar-refractivity contribution in [3.8, 4) is 0 Å². The van der Waals surface area contributed by atoms with Crippen LogP contribution >= 0.6 is 0 Å². The van der Waals surface area contributed by atoms with Gasteiger partial charge in [0.1, 0.15) is 6.67 Å². The Bertz CT molecular complexity index is 288. The van der Waals surface area contributed by atoms with Crippen LogP contribution in [0.3, 0.4) is 0 Å². The van der Waals surface area contributed by atoms with Gasteiger partial charge in [-0.3, -0.25) is 4.68 Å². The lowest BCUT2D eigenvalue weighted by Crippen LogP contribution is -2.04. The third-order valence-electron chi connectivity index (χ3n) is 1.79. The zero-order chi connectivity index (χ0) is 7.68. The Morgan fingerprint density at radius 1 is 1.64 bits per heavy atom. The summed E-state index contributed by atoms with van der Waals surface area (Å²) < 4.78 is 14.0. The highest BCUT2D eigenvalue weighted by atomic mass is 19.1. The van der Waals surface area contributed by atoms with Crippen LogP contribution in [0.15, 0.2) is 12.1 Å². The van der Waals surface area contributed by atoms with E-state index >= 15 is 0 Å². The molecule has 0 spiro atoms. The Hall–Kier alpha value is -1.12. The van der Waals surface area contributed by atoms with Crippen molar-refractivity contribution >= 4 is 6.08 Å². The lowest BCUT2D eigenvalue weighted by molar-refractivity contribution is 0.466. The molecule has 0 N–H and O–H groups in total. The minimum atomic E-state index is -0.464. The highest BCUT2D eigenvalue weighted by Gasteiger charge is 2.06. The molecule has 58 valence electrons. The maximum Gasteiger partial charge on any atom is 0.133 e. The van der Waals surface area contributed by atoms with Crippen molar-refractivity contribution in [1.29, 1.82) is 0 Å². The third-order valence-corrected chi connectivity index (χ3v) is 1.79. The fraction of sp³-hybridized carbons (Fsp3) is 0.375. The molecule has 0 saturated carbocycles. The molecule has 0 fully saturated rings. The molecule has 0 radical (unpaired) electrons. The SMILES string of the molecule is FCc1cc2n(n1)CCC=C2. The molecule has 1 aliphatic heterocycles. The Morgan fingerprint density at radius 3 is 3.27 bits per heavy atom. The van der Waals surface area contributed by atoms with Crippen molar-refractivity contribution in [1.82, 2.24) is 9.78 Å². The van der Waals surface area contributed by atoms with E-state index in [2.05, 4.69) is 11.2 Å². The molecule has 0 atom stereocenters. The van der Waals surface area contributed by atoms with Gasteiger partial charge in [-0.05, 0) is 18.6 Å². The zero-order valence-corrected chi connectivity index (χ0v) is 6.13. The smallest absolute Gasteiger partial charge is 0.133 e. The molecule has 2 heterocycles. The summed E-state index contributed by atoms with van der Waals surface area (Å²) in [6.07, 6.45) is 5.06. The van der Waals surface area contributed by atoms with Gasteiger partial charge in [0.05, 0.1) is 11.4 Å². The number of hydrogen-bond acceptors (Lipinski definition) is 1. The van der Waals surface area contributed by atoms with Gasteiger partial charge in [0.15, 0.2) is 0 Å². The van der Waals surface area contributed by atoms with E-state index in [9.17, 15) is 4.39 Å². The van der Waals surface area contributed by atoms with E-state index < -0.39 is 6.67 Å². The highest BCUT2D eigenvalue weighted by molar-refractivity contribution is 5.46. The van der Waals surface area contributed by atoms with E-state index in [-0.39, 0.29) is 0 Å². The summed E-state index contributed by atoms with van der Waals surface area (Å²) >= 11 is 0. The van der Waals surface area contributed by atoms with Crippen molar-refractivity contribution < 1.29 is 4.39 Å². The first kappa shape index (κ1) is 6.58. The minimum Gasteiger partial charge on any atom is -0.265 e. The molecule has 1 aliphatic rings. The molecule has 0 saturated heterocycles. The zero-order valence-electron chi connectivity index (χ0n) is 6.13. The molecule has 0 aliphatic carbocycles. The summed E-state index contributed by atoms with van der Waals surface area (Å²) in [6, 6.07) is 1.79. The Morgan fingerprint density at radius 2 is 2.55 bits per heavy atom. The van der Waals surface area contributed by atoms with Gasteiger partial charge in [0.2, 0.25) is 0 Å². The van der Waals surface area contributed by atoms with Crippen molar-refractivity contribution in [2.24, 2.45) is 0 Å². The standard InChI is InChI=1S/C8H9FN2/c9-6-7-5-8-3-1-2-4-11(8)10-7/h1,3,5H,2,4,6H2. The van der Waals surface area contributed by atoms with E-state index in [0.29, 0.717) is 5.69 Å². The predicted octanol–water partition coefficient (Wildman–Crippen LogP) is 1.77. The normalized spacial score (nSPS) is 15.0. The topological polar surface area (TPSA) is 17.8 Å². The summed E-state index contributed by atoms with van der Waals surface area (Å²) in [5.74, 6) is 0. The molecule has 11 heavy (non-hydrogen) atoms. The summed E-state index contributed by atoms with van der Waals surface area (Å²) in [5.41, 5.74) is 1.55. The average molecular weight is 152 g/mol. The van der Waals surface area contributed by atoms with Gasteiger partial charge in [-0.15, -0.1) is 0 Å². The molecule has 2 rings (SSSR count). The second-order valence-corrected chi connectivity index (χ2v) is 2.61. The number of nitrogens with zero attached hydrogens (tertiary/aromatic N) is 2. The Balaban J connectivity index is 2.42. The lowest BCUT2D eigenvalue weighted by Gasteiger charge is -2.05. The number of rotatable bonds is 1. The molecule has 0 unspecified atom stereocenters. The summed E-state index contributed by atoms with van der Waals surface area (Å²) in [7, 11) is 0. The number of aryl methyl sites for hydroxylation is 1. The molecule has 1 aromatic heterocycles. The summed E-state index contributed by atoms with van der Waals surface area (Å²) in [4.78, 5) is 0. The number of halogens is 1. The van der Waals surface area contributed by atoms with E-state index in [4.69, 9.17) is 0 Å². The van der Waals surface area contributed by atoms with E-state index in [1.807, 2.05) is 10.8 Å². The van der Waals surface area contributed by atoms with Gasteiger partial charge >= 0.3 is 0 Å². The number of aromatic nitrogens is 2. The van der Waals surface area contributed by atoms with Gasteiger partial charge < -0.3 is 0 Å². The van der Waals surface area contributed by atoms with Crippen LogP contribution in [-0.2, 0) is 13.2 Å². The molecular formula is C8H9FN2. The van der Waals surface area contributed by atoms with Crippen LogP contribution in [0.25, 0.3) is 6.08 Å². The maximum atomic E-state index is 12.1. The Kier molecular flexibility index (Phi) is 1.49. The molecule has 2 nitrogen and oxygen atoms in total. The monoisotopic (exact) mass is 152 g/mol. The quantitative estimate of drug-likeness (QED) is 0.599. The molecule has 0 bridgehead atoms. The third kappa shape index (κ3) is 1.06. The second-order valence-electron chi connectivity index (χ2n) is 2.61. The lowest BCUT2D eigenvalue weighted by atomic mass is 10.2. The van der Waals surface area contributed by atoms with Gasteiger partial charge in [0.25, 0.3) is 0 Å². The first-order chi connectivity index (χ1) is 5.40. The highest BCUT2D eigenvalue weighted by Crippen LogP contribution is 2.13. The fourth-order valence-electron chi connectivity index (χ4n) is 1.27. The molecule has 1 aromatic rings. The second kappa shape index (κ2) is 2.49. The first-order valence-electron chi connectivity index (χ1n) is 3.69. The number of hydrogen-bond donors (Lipinski definition) is 0. The van der Waals surface area contributed by atoms with Crippen molar-refractivity contribution in [2.45, 2.75) is 19.6 Å². The van der Waals surface area contributed by atoms with Gasteiger partial charge in [-0.2, -0.15) is 5.10 Å². The van der Waals surface area contributed by atoms with Gasteiger partial charge in [0, 0.05) is 6.54 Å². The van der Waals surface area contributed by atoms with E-state index in [1.165, 1.54) is 0 Å². The van der Waals surface area contributed by atoms with Crippen LogP contribution in [0.5, 0.6) is 0 Å². The van der Waals surface area contributed by atoms with Crippen molar-refractivity contribution in [2.75, 3.05) is 0 Å². The van der Waals surface area contributed by atoms with Crippen LogP contribution in [0.2, 0.25) is 0 Å². The van der Waals surface area contributed by atoms with Crippen LogP contribution in [-0.4, -0.2) is 9.78 Å². The van der Waals surface area contributed by atoms with Crippen molar-refractivity contribution in [3.63, 3.8) is 0 Å². The van der Waals surface area contributed by atoms with Crippen LogP contribution in [0, 0.1) is 0 Å². The number of allylic oxidation sites excluding steroid dienone is 1. The molecule has 3 heteroatoms. The van der Waals surface area contributed by atoms with E-state index in [0.717, 1.165) is 18.7 Å². The van der Waals surface area contributed by atoms with Crippen LogP contribution in [0.1, 0.15) is 17.8 Å². The molecule has 0 aromatic carbocycles. The van der Waals surface area contributed by atoms with Crippen molar-refractivity contribution in [3.05, 3.63) is 23.5 Å². The molecule has 0 amide bonds. The van der Waals surface area contributed by atoms with E-state index in [1.54, 1.807) is 6.07 Å². The van der Waals surface area contributed by atoms with Gasteiger partial charge in [-0.25, -0.2) is 4.39 Å². The van der Waals surface area contributed by atoms with Crippen LogP contribution in [0.4, 0.5) is 4.39 Å². The maximum absolute atomic E-state index is 12.1. The predicted molar refractivity (Wildman–Crippen MR) is 40.7 cm³/mol. The van der Waals surface area contributed by atoms with Crippen LogP contribution < -0.4 is 0 Å². The first-order valence-corrected chi connectivity index (χ1v) is 3.69. The fourth-order valence-corrected chi connectivity index (χ4v) is 1.27. The van der Waals surface area contributed by atoms with Gasteiger partial charge in [-0.1, -0.05) is 6.08 Å². The molecular weight excluding hydrogens is 143 g/mol. The summed E-state index contributed by atoms with van der Waals surface area (Å²) in [5, 5.41) is 4.06. The number of fused-ring (bicyclic) bond motifs is 1. The number of alkyl halides is 1. The minimum absolute atomic E-state index is 0.464. The average Bonchev–Trinajstić information content (AvgIpc) is 2.46.